The minimum Gasteiger partial charge on any atom is -0.271 e. The summed E-state index contributed by atoms with van der Waals surface area (Å²) in [6.45, 7) is 0. The second kappa shape index (κ2) is 3.58. The van der Waals surface area contributed by atoms with E-state index in [4.69, 9.17) is 5.84 Å². The van der Waals surface area contributed by atoms with Crippen LogP contribution in [0.4, 0.5) is 0 Å². The van der Waals surface area contributed by atoms with Crippen molar-refractivity contribution in [3.63, 3.8) is 0 Å². The summed E-state index contributed by atoms with van der Waals surface area (Å²) in [6.07, 6.45) is 6.93. The number of pyridine rings is 1. The van der Waals surface area contributed by atoms with E-state index in [0.717, 1.165) is 5.92 Å². The molecule has 1 fully saturated rings. The number of fused-ring (bicyclic) bond motifs is 1. The van der Waals surface area contributed by atoms with Crippen LogP contribution >= 0.6 is 0 Å². The van der Waals surface area contributed by atoms with Crippen LogP contribution in [0.1, 0.15) is 36.4 Å². The fourth-order valence-electron chi connectivity index (χ4n) is 2.83. The van der Waals surface area contributed by atoms with Gasteiger partial charge < -0.3 is 0 Å². The molecule has 3 nitrogen and oxygen atoms in total. The number of hydrogen-bond acceptors (Lipinski definition) is 3. The van der Waals surface area contributed by atoms with Crippen LogP contribution in [0.15, 0.2) is 18.3 Å². The van der Waals surface area contributed by atoms with E-state index >= 15 is 0 Å². The Bertz CT molecular complexity index is 360. The fourth-order valence-corrected chi connectivity index (χ4v) is 2.83. The van der Waals surface area contributed by atoms with Crippen molar-refractivity contribution >= 4 is 0 Å². The number of rotatable bonds is 3. The monoisotopic (exact) mass is 203 g/mol. The first kappa shape index (κ1) is 9.31. The van der Waals surface area contributed by atoms with Crippen molar-refractivity contribution in [2.45, 2.75) is 37.6 Å². The lowest BCUT2D eigenvalue weighted by atomic mass is 9.93. The van der Waals surface area contributed by atoms with Crippen LogP contribution in [0.25, 0.3) is 0 Å². The maximum Gasteiger partial charge on any atom is 0.0482 e. The van der Waals surface area contributed by atoms with Crippen molar-refractivity contribution in [3.8, 4) is 0 Å². The van der Waals surface area contributed by atoms with Crippen LogP contribution in [0.2, 0.25) is 0 Å². The van der Waals surface area contributed by atoms with Crippen LogP contribution < -0.4 is 11.3 Å². The molecule has 2 aliphatic rings. The fraction of sp³-hybridized carbons (Fsp3) is 0.583. The van der Waals surface area contributed by atoms with E-state index in [1.165, 1.54) is 36.9 Å². The largest absolute Gasteiger partial charge is 0.271 e. The smallest absolute Gasteiger partial charge is 0.0482 e. The molecule has 1 aromatic rings. The Morgan fingerprint density at radius 3 is 3.00 bits per heavy atom. The van der Waals surface area contributed by atoms with Crippen LogP contribution in [-0.2, 0) is 6.42 Å². The van der Waals surface area contributed by atoms with E-state index in [2.05, 4.69) is 16.5 Å². The summed E-state index contributed by atoms with van der Waals surface area (Å²) in [5, 5.41) is 0. The van der Waals surface area contributed by atoms with Gasteiger partial charge in [-0.25, -0.2) is 0 Å². The van der Waals surface area contributed by atoms with E-state index in [-0.39, 0.29) is 0 Å². The minimum atomic E-state index is 0.446. The van der Waals surface area contributed by atoms with Crippen LogP contribution in [0, 0.1) is 5.92 Å². The summed E-state index contributed by atoms with van der Waals surface area (Å²) in [6, 6.07) is 4.67. The highest BCUT2D eigenvalue weighted by molar-refractivity contribution is 5.30. The van der Waals surface area contributed by atoms with Gasteiger partial charge in [0, 0.05) is 23.9 Å². The second-order valence-corrected chi connectivity index (χ2v) is 4.72. The molecule has 3 heteroatoms. The van der Waals surface area contributed by atoms with Crippen LogP contribution in [0.3, 0.4) is 0 Å². The maximum absolute atomic E-state index is 5.67. The normalized spacial score (nSPS) is 26.3. The first-order valence-corrected chi connectivity index (χ1v) is 5.80. The summed E-state index contributed by atoms with van der Waals surface area (Å²) < 4.78 is 0. The molecule has 2 aliphatic carbocycles. The standard InChI is InChI=1S/C12H17N3/c13-15-12(9-3-4-9)10-6-5-8-2-1-7-14-11(8)10/h1-2,7,9-10,12,15H,3-6,13H2. The third kappa shape index (κ3) is 1.56. The second-order valence-electron chi connectivity index (χ2n) is 4.72. The van der Waals surface area contributed by atoms with E-state index in [9.17, 15) is 0 Å². The van der Waals surface area contributed by atoms with Crippen molar-refractivity contribution in [2.75, 3.05) is 0 Å². The Kier molecular flexibility index (Phi) is 2.22. The third-order valence-corrected chi connectivity index (χ3v) is 3.76. The van der Waals surface area contributed by atoms with E-state index in [1.807, 2.05) is 12.3 Å². The number of aryl methyl sites for hydroxylation is 1. The molecule has 3 rings (SSSR count). The van der Waals surface area contributed by atoms with Crippen molar-refractivity contribution in [3.05, 3.63) is 29.6 Å². The number of nitrogens with zero attached hydrogens (tertiary/aromatic N) is 1. The summed E-state index contributed by atoms with van der Waals surface area (Å²) in [4.78, 5) is 4.52. The predicted molar refractivity (Wildman–Crippen MR) is 59.1 cm³/mol. The summed E-state index contributed by atoms with van der Waals surface area (Å²) in [7, 11) is 0. The Balaban J connectivity index is 1.88. The van der Waals surface area contributed by atoms with Crippen molar-refractivity contribution in [2.24, 2.45) is 11.8 Å². The molecule has 0 amide bonds. The SMILES string of the molecule is NNC(C1CC1)C1CCc2cccnc21. The van der Waals surface area contributed by atoms with Crippen LogP contribution in [0.5, 0.6) is 0 Å². The zero-order chi connectivity index (χ0) is 10.3. The Morgan fingerprint density at radius 2 is 2.27 bits per heavy atom. The molecule has 0 bridgehead atoms. The molecule has 0 aliphatic heterocycles. The molecule has 2 atom stereocenters. The average Bonchev–Trinajstić information content (AvgIpc) is 3.01. The predicted octanol–water partition coefficient (Wildman–Crippen LogP) is 1.35. The Hall–Kier alpha value is -0.930. The molecule has 0 aromatic carbocycles. The zero-order valence-electron chi connectivity index (χ0n) is 8.82. The van der Waals surface area contributed by atoms with E-state index in [0.29, 0.717) is 12.0 Å². The lowest BCUT2D eigenvalue weighted by Crippen LogP contribution is -2.41. The van der Waals surface area contributed by atoms with Crippen molar-refractivity contribution in [1.29, 1.82) is 0 Å². The maximum atomic E-state index is 5.67. The van der Waals surface area contributed by atoms with Gasteiger partial charge in [-0.1, -0.05) is 6.07 Å². The third-order valence-electron chi connectivity index (χ3n) is 3.76. The quantitative estimate of drug-likeness (QED) is 0.576. The molecule has 1 saturated carbocycles. The Labute approximate surface area is 90.1 Å². The number of hydrogen-bond donors (Lipinski definition) is 2. The molecule has 1 aromatic heterocycles. The molecular weight excluding hydrogens is 186 g/mol. The number of nitrogens with one attached hydrogen (secondary N) is 1. The molecule has 1 heterocycles. The van der Waals surface area contributed by atoms with Gasteiger partial charge >= 0.3 is 0 Å². The lowest BCUT2D eigenvalue weighted by molar-refractivity contribution is 0.391. The van der Waals surface area contributed by atoms with Gasteiger partial charge in [-0.05, 0) is 43.2 Å². The topological polar surface area (TPSA) is 50.9 Å². The number of hydrazine groups is 1. The molecule has 3 N–H and O–H groups in total. The highest BCUT2D eigenvalue weighted by atomic mass is 15.2. The number of nitrogens with two attached hydrogens (primary N) is 1. The first-order valence-electron chi connectivity index (χ1n) is 5.80. The van der Waals surface area contributed by atoms with Gasteiger partial charge in [0.1, 0.15) is 0 Å². The van der Waals surface area contributed by atoms with Gasteiger partial charge in [0.15, 0.2) is 0 Å². The van der Waals surface area contributed by atoms with Gasteiger partial charge in [-0.3, -0.25) is 16.3 Å². The van der Waals surface area contributed by atoms with E-state index < -0.39 is 0 Å². The van der Waals surface area contributed by atoms with Crippen molar-refractivity contribution in [1.82, 2.24) is 10.4 Å². The highest BCUT2D eigenvalue weighted by Gasteiger charge is 2.39. The molecule has 0 spiro atoms. The Morgan fingerprint density at radius 1 is 1.40 bits per heavy atom. The minimum absolute atomic E-state index is 0.446. The molecule has 80 valence electrons. The average molecular weight is 203 g/mol. The van der Waals surface area contributed by atoms with Gasteiger partial charge in [-0.15, -0.1) is 0 Å². The summed E-state index contributed by atoms with van der Waals surface area (Å²) >= 11 is 0. The highest BCUT2D eigenvalue weighted by Crippen LogP contribution is 2.43. The van der Waals surface area contributed by atoms with Gasteiger partial charge in [-0.2, -0.15) is 0 Å². The molecule has 0 saturated heterocycles. The molecule has 0 radical (unpaired) electrons. The molecule has 2 unspecified atom stereocenters. The van der Waals surface area contributed by atoms with Gasteiger partial charge in [0.05, 0.1) is 0 Å². The lowest BCUT2D eigenvalue weighted by Gasteiger charge is -2.22. The first-order chi connectivity index (χ1) is 7.40. The zero-order valence-corrected chi connectivity index (χ0v) is 8.82. The molecule has 15 heavy (non-hydrogen) atoms. The van der Waals surface area contributed by atoms with Gasteiger partial charge in [0.2, 0.25) is 0 Å². The van der Waals surface area contributed by atoms with Gasteiger partial charge in [0.25, 0.3) is 0 Å². The van der Waals surface area contributed by atoms with Crippen molar-refractivity contribution < 1.29 is 0 Å². The molecular formula is C12H17N3. The van der Waals surface area contributed by atoms with Crippen LogP contribution in [-0.4, -0.2) is 11.0 Å². The van der Waals surface area contributed by atoms with E-state index in [1.54, 1.807) is 0 Å². The number of aromatic nitrogens is 1. The summed E-state index contributed by atoms with van der Waals surface area (Å²) in [5.41, 5.74) is 5.71. The summed E-state index contributed by atoms with van der Waals surface area (Å²) in [5.74, 6) is 7.00.